The SMILES string of the molecule is CC\C=C/C=C\C=C/CCCCCCCCCC(=O)OCC(COC(=O)CCCCCC/C=C\C/C=C\C/C=C\CC)OC(=O)CCCCCCCCC/C=C\CCCCCC. The highest BCUT2D eigenvalue weighted by atomic mass is 16.6. The zero-order valence-electron chi connectivity index (χ0n) is 40.4. The van der Waals surface area contributed by atoms with Gasteiger partial charge in [-0.2, -0.15) is 0 Å². The lowest BCUT2D eigenvalue weighted by Crippen LogP contribution is -2.30. The molecule has 0 radical (unpaired) electrons. The fourth-order valence-corrected chi connectivity index (χ4v) is 6.86. The summed E-state index contributed by atoms with van der Waals surface area (Å²) in [5, 5.41) is 0. The van der Waals surface area contributed by atoms with E-state index in [9.17, 15) is 14.4 Å². The number of hydrogen-bond donors (Lipinski definition) is 0. The lowest BCUT2D eigenvalue weighted by Gasteiger charge is -2.18. The number of ether oxygens (including phenoxy) is 3. The average Bonchev–Trinajstić information content (AvgIpc) is 3.27. The summed E-state index contributed by atoms with van der Waals surface area (Å²) in [6, 6.07) is 0. The van der Waals surface area contributed by atoms with Gasteiger partial charge in [-0.25, -0.2) is 0 Å². The highest BCUT2D eigenvalue weighted by Gasteiger charge is 2.19. The first-order chi connectivity index (χ1) is 30.5. The maximum atomic E-state index is 12.8. The average molecular weight is 863 g/mol. The van der Waals surface area contributed by atoms with Gasteiger partial charge in [-0.05, 0) is 96.3 Å². The summed E-state index contributed by atoms with van der Waals surface area (Å²) in [6.45, 7) is 6.35. The molecular formula is C56H94O6. The number of allylic oxidation sites excluding steroid dienone is 14. The lowest BCUT2D eigenvalue weighted by atomic mass is 10.1. The van der Waals surface area contributed by atoms with Crippen LogP contribution in [0.25, 0.3) is 0 Å². The molecule has 1 atom stereocenters. The Kier molecular flexibility index (Phi) is 47.5. The summed E-state index contributed by atoms with van der Waals surface area (Å²) in [5.74, 6) is -0.932. The van der Waals surface area contributed by atoms with Gasteiger partial charge < -0.3 is 14.2 Å². The Hall–Kier alpha value is -3.41. The molecule has 0 rings (SSSR count). The Morgan fingerprint density at radius 2 is 0.710 bits per heavy atom. The van der Waals surface area contributed by atoms with Crippen molar-refractivity contribution in [1.82, 2.24) is 0 Å². The Morgan fingerprint density at radius 1 is 0.355 bits per heavy atom. The van der Waals surface area contributed by atoms with E-state index in [1.165, 1.54) is 89.9 Å². The van der Waals surface area contributed by atoms with E-state index in [2.05, 4.69) is 106 Å². The summed E-state index contributed by atoms with van der Waals surface area (Å²) >= 11 is 0. The van der Waals surface area contributed by atoms with Crippen molar-refractivity contribution in [3.05, 3.63) is 85.1 Å². The van der Waals surface area contributed by atoms with E-state index < -0.39 is 6.10 Å². The number of carbonyl (C=O) groups excluding carboxylic acids is 3. The van der Waals surface area contributed by atoms with Gasteiger partial charge in [-0.1, -0.05) is 202 Å². The van der Waals surface area contributed by atoms with Crippen LogP contribution in [0.5, 0.6) is 0 Å². The molecular weight excluding hydrogens is 769 g/mol. The van der Waals surface area contributed by atoms with E-state index in [0.29, 0.717) is 19.3 Å². The van der Waals surface area contributed by atoms with Gasteiger partial charge in [0.15, 0.2) is 6.10 Å². The molecule has 0 saturated heterocycles. The van der Waals surface area contributed by atoms with Gasteiger partial charge >= 0.3 is 17.9 Å². The standard InChI is InChI=1S/C56H94O6/c1-4-7-10-13-16-19-22-25-28-31-34-37-40-43-46-49-55(58)61-52-53(51-60-54(57)48-45-42-39-36-33-30-27-24-21-18-15-12-9-6-3)62-56(59)50-47-44-41-38-35-32-29-26-23-20-17-14-11-8-5-2/h7,9-10,12-13,16,18-23,27,30,53H,4-6,8,11,14-15,17,24-26,28-29,31-52H2,1-3H3/b10-7-,12-9-,16-13-,21-18-,22-19-,23-20-,30-27-. The van der Waals surface area contributed by atoms with E-state index in [-0.39, 0.29) is 31.1 Å². The van der Waals surface area contributed by atoms with Gasteiger partial charge in [0.2, 0.25) is 0 Å². The summed E-state index contributed by atoms with van der Waals surface area (Å²) in [5.41, 5.74) is 0. The smallest absolute Gasteiger partial charge is 0.306 e. The fraction of sp³-hybridized carbons (Fsp3) is 0.696. The minimum absolute atomic E-state index is 0.0925. The van der Waals surface area contributed by atoms with Crippen molar-refractivity contribution < 1.29 is 28.6 Å². The first-order valence-electron chi connectivity index (χ1n) is 25.6. The van der Waals surface area contributed by atoms with Crippen molar-refractivity contribution in [3.63, 3.8) is 0 Å². The fourth-order valence-electron chi connectivity index (χ4n) is 6.86. The first-order valence-corrected chi connectivity index (χ1v) is 25.6. The highest BCUT2D eigenvalue weighted by molar-refractivity contribution is 5.71. The number of hydrogen-bond acceptors (Lipinski definition) is 6. The van der Waals surface area contributed by atoms with Crippen LogP contribution in [-0.4, -0.2) is 37.2 Å². The van der Waals surface area contributed by atoms with E-state index in [1.807, 2.05) is 0 Å². The van der Waals surface area contributed by atoms with Crippen LogP contribution in [0.15, 0.2) is 85.1 Å². The minimum atomic E-state index is -0.793. The molecule has 6 nitrogen and oxygen atoms in total. The molecule has 0 amide bonds. The molecule has 6 heteroatoms. The Bertz CT molecular complexity index is 1220. The number of rotatable bonds is 45. The third-order valence-electron chi connectivity index (χ3n) is 10.7. The Labute approximate surface area is 382 Å². The molecule has 0 N–H and O–H groups in total. The first kappa shape index (κ1) is 58.6. The van der Waals surface area contributed by atoms with Gasteiger partial charge in [0.05, 0.1) is 0 Å². The van der Waals surface area contributed by atoms with Crippen molar-refractivity contribution in [2.24, 2.45) is 0 Å². The van der Waals surface area contributed by atoms with Crippen LogP contribution in [0.1, 0.15) is 233 Å². The van der Waals surface area contributed by atoms with Gasteiger partial charge in [0.25, 0.3) is 0 Å². The molecule has 0 heterocycles. The second kappa shape index (κ2) is 50.2. The van der Waals surface area contributed by atoms with Crippen molar-refractivity contribution in [1.29, 1.82) is 0 Å². The molecule has 0 bridgehead atoms. The molecule has 0 fully saturated rings. The summed E-state index contributed by atoms with van der Waals surface area (Å²) < 4.78 is 16.8. The number of esters is 3. The van der Waals surface area contributed by atoms with Crippen molar-refractivity contribution in [2.45, 2.75) is 239 Å². The number of carbonyl (C=O) groups is 3. The Morgan fingerprint density at radius 3 is 1.18 bits per heavy atom. The summed E-state index contributed by atoms with van der Waals surface area (Å²) in [4.78, 5) is 38.0. The van der Waals surface area contributed by atoms with E-state index >= 15 is 0 Å². The van der Waals surface area contributed by atoms with Crippen LogP contribution >= 0.6 is 0 Å². The molecule has 1 unspecified atom stereocenters. The third-order valence-corrected chi connectivity index (χ3v) is 10.7. The van der Waals surface area contributed by atoms with E-state index in [4.69, 9.17) is 14.2 Å². The lowest BCUT2D eigenvalue weighted by molar-refractivity contribution is -0.167. The molecule has 0 spiro atoms. The summed E-state index contributed by atoms with van der Waals surface area (Å²) in [7, 11) is 0. The van der Waals surface area contributed by atoms with Gasteiger partial charge in [0, 0.05) is 19.3 Å². The minimum Gasteiger partial charge on any atom is -0.462 e. The monoisotopic (exact) mass is 863 g/mol. The van der Waals surface area contributed by atoms with E-state index in [0.717, 1.165) is 103 Å². The van der Waals surface area contributed by atoms with E-state index in [1.54, 1.807) is 0 Å². The predicted molar refractivity (Wildman–Crippen MR) is 265 cm³/mol. The van der Waals surface area contributed by atoms with Gasteiger partial charge in [0.1, 0.15) is 13.2 Å². The molecule has 0 aliphatic carbocycles. The molecule has 0 aromatic heterocycles. The number of unbranched alkanes of at least 4 members (excludes halogenated alkanes) is 22. The molecule has 0 aliphatic heterocycles. The van der Waals surface area contributed by atoms with Crippen LogP contribution in [0.2, 0.25) is 0 Å². The zero-order valence-corrected chi connectivity index (χ0v) is 40.4. The maximum absolute atomic E-state index is 12.8. The van der Waals surface area contributed by atoms with Crippen LogP contribution in [-0.2, 0) is 28.6 Å². The maximum Gasteiger partial charge on any atom is 0.306 e. The van der Waals surface area contributed by atoms with Crippen molar-refractivity contribution >= 4 is 17.9 Å². The van der Waals surface area contributed by atoms with Crippen LogP contribution < -0.4 is 0 Å². The normalized spacial score (nSPS) is 12.8. The second-order valence-corrected chi connectivity index (χ2v) is 16.7. The van der Waals surface area contributed by atoms with Crippen LogP contribution in [0.4, 0.5) is 0 Å². The molecule has 354 valence electrons. The zero-order chi connectivity index (χ0) is 45.1. The largest absolute Gasteiger partial charge is 0.462 e. The molecule has 0 saturated carbocycles. The molecule has 0 aromatic rings. The quantitative estimate of drug-likeness (QED) is 0.0199. The van der Waals surface area contributed by atoms with Crippen LogP contribution in [0.3, 0.4) is 0 Å². The topological polar surface area (TPSA) is 78.9 Å². The van der Waals surface area contributed by atoms with Gasteiger partial charge in [-0.15, -0.1) is 0 Å². The molecule has 0 aromatic carbocycles. The molecule has 62 heavy (non-hydrogen) atoms. The van der Waals surface area contributed by atoms with Crippen molar-refractivity contribution in [2.75, 3.05) is 13.2 Å². The van der Waals surface area contributed by atoms with Gasteiger partial charge in [-0.3, -0.25) is 14.4 Å². The Balaban J connectivity index is 4.45. The highest BCUT2D eigenvalue weighted by Crippen LogP contribution is 2.14. The molecule has 0 aliphatic rings. The second-order valence-electron chi connectivity index (χ2n) is 16.7. The van der Waals surface area contributed by atoms with Crippen LogP contribution in [0, 0.1) is 0 Å². The van der Waals surface area contributed by atoms with Crippen molar-refractivity contribution in [3.8, 4) is 0 Å². The summed E-state index contributed by atoms with van der Waals surface area (Å²) in [6.07, 6.45) is 64.2. The predicted octanol–water partition coefficient (Wildman–Crippen LogP) is 16.8. The third kappa shape index (κ3) is 47.6.